The predicted molar refractivity (Wildman–Crippen MR) is 88.1 cm³/mol. The molecule has 1 aliphatic heterocycles. The number of hydrogen-bond donors (Lipinski definition) is 1. The summed E-state index contributed by atoms with van der Waals surface area (Å²) in [5.41, 5.74) is 1.22. The molecule has 3 heterocycles. The van der Waals surface area contributed by atoms with Crippen LogP contribution in [0.5, 0.6) is 0 Å². The van der Waals surface area contributed by atoms with E-state index in [2.05, 4.69) is 15.0 Å². The van der Waals surface area contributed by atoms with Gasteiger partial charge >= 0.3 is 0 Å². The van der Waals surface area contributed by atoms with E-state index >= 15 is 0 Å². The summed E-state index contributed by atoms with van der Waals surface area (Å²) >= 11 is 0. The number of rotatable bonds is 1. The van der Waals surface area contributed by atoms with Gasteiger partial charge in [-0.25, -0.2) is 18.2 Å². The fraction of sp³-hybridized carbons (Fsp3) is 0.278. The number of carbonyl (C=O) groups excluding carboxylic acids is 1. The van der Waals surface area contributed by atoms with Gasteiger partial charge in [-0.3, -0.25) is 9.78 Å². The van der Waals surface area contributed by atoms with E-state index in [1.165, 1.54) is 24.1 Å². The lowest BCUT2D eigenvalue weighted by Gasteiger charge is -2.34. The van der Waals surface area contributed by atoms with Crippen molar-refractivity contribution in [2.24, 2.45) is 0 Å². The highest BCUT2D eigenvalue weighted by Crippen LogP contribution is 2.31. The number of aromatic nitrogens is 3. The number of nitrogens with zero attached hydrogens (tertiary/aromatic N) is 3. The Bertz CT molecular complexity index is 1050. The van der Waals surface area contributed by atoms with E-state index < -0.39 is 29.4 Å². The van der Waals surface area contributed by atoms with Crippen LogP contribution in [0.15, 0.2) is 18.3 Å². The maximum atomic E-state index is 14.2. The number of carbonyl (C=O) groups is 1. The van der Waals surface area contributed by atoms with E-state index in [1.54, 1.807) is 6.92 Å². The summed E-state index contributed by atoms with van der Waals surface area (Å²) in [6.45, 7) is 3.51. The third-order valence-electron chi connectivity index (χ3n) is 4.87. The van der Waals surface area contributed by atoms with Crippen LogP contribution in [0.1, 0.15) is 40.4 Å². The van der Waals surface area contributed by atoms with Gasteiger partial charge in [0, 0.05) is 36.4 Å². The molecule has 0 aliphatic carbocycles. The van der Waals surface area contributed by atoms with Crippen LogP contribution >= 0.6 is 0 Å². The number of fused-ring (bicyclic) bond motifs is 2. The smallest absolute Gasteiger partial charge is 0.290 e. The zero-order chi connectivity index (χ0) is 18.6. The first-order valence-electron chi connectivity index (χ1n) is 8.17. The van der Waals surface area contributed by atoms with Gasteiger partial charge in [0.2, 0.25) is 0 Å². The van der Waals surface area contributed by atoms with Gasteiger partial charge in [-0.2, -0.15) is 0 Å². The molecule has 0 bridgehead atoms. The van der Waals surface area contributed by atoms with Gasteiger partial charge < -0.3 is 9.88 Å². The molecule has 1 aromatic carbocycles. The third-order valence-corrected chi connectivity index (χ3v) is 4.87. The molecule has 8 heteroatoms. The van der Waals surface area contributed by atoms with Crippen LogP contribution in [0.25, 0.3) is 11.0 Å². The summed E-state index contributed by atoms with van der Waals surface area (Å²) in [6, 6.07) is 1.45. The lowest BCUT2D eigenvalue weighted by atomic mass is 9.97. The Kier molecular flexibility index (Phi) is 3.71. The first-order chi connectivity index (χ1) is 12.4. The number of benzene rings is 1. The molecule has 0 fully saturated rings. The largest absolute Gasteiger partial charge is 0.333 e. The summed E-state index contributed by atoms with van der Waals surface area (Å²) in [7, 11) is 0. The Hall–Kier alpha value is -2.90. The molecule has 1 N–H and O–H groups in total. The molecule has 2 aromatic heterocycles. The molecular weight excluding hydrogens is 345 g/mol. The van der Waals surface area contributed by atoms with Gasteiger partial charge in [0.25, 0.3) is 5.91 Å². The first kappa shape index (κ1) is 16.6. The lowest BCUT2D eigenvalue weighted by Crippen LogP contribution is -2.40. The van der Waals surface area contributed by atoms with Gasteiger partial charge in [0.05, 0.1) is 17.3 Å². The number of imidazole rings is 1. The van der Waals surface area contributed by atoms with Crippen LogP contribution in [0.2, 0.25) is 0 Å². The molecule has 26 heavy (non-hydrogen) atoms. The van der Waals surface area contributed by atoms with E-state index in [9.17, 15) is 18.0 Å². The summed E-state index contributed by atoms with van der Waals surface area (Å²) in [5.74, 6) is -2.58. The Morgan fingerprint density at radius 1 is 1.27 bits per heavy atom. The van der Waals surface area contributed by atoms with Gasteiger partial charge in [-0.05, 0) is 19.9 Å². The van der Waals surface area contributed by atoms with Crippen LogP contribution < -0.4 is 0 Å². The topological polar surface area (TPSA) is 61.9 Å². The Morgan fingerprint density at radius 3 is 2.81 bits per heavy atom. The molecule has 5 nitrogen and oxygen atoms in total. The van der Waals surface area contributed by atoms with E-state index in [4.69, 9.17) is 0 Å². The predicted octanol–water partition coefficient (Wildman–Crippen LogP) is 3.44. The highest BCUT2D eigenvalue weighted by atomic mass is 19.1. The Balaban J connectivity index is 1.75. The number of halogens is 3. The normalized spacial score (nSPS) is 16.8. The first-order valence-corrected chi connectivity index (χ1v) is 8.17. The van der Waals surface area contributed by atoms with Gasteiger partial charge in [-0.15, -0.1) is 0 Å². The van der Waals surface area contributed by atoms with Crippen molar-refractivity contribution in [1.29, 1.82) is 0 Å². The second-order valence-electron chi connectivity index (χ2n) is 6.35. The molecule has 1 amide bonds. The number of aryl methyl sites for hydroxylation is 1. The van der Waals surface area contributed by atoms with Crippen molar-refractivity contribution >= 4 is 16.9 Å². The summed E-state index contributed by atoms with van der Waals surface area (Å²) in [5, 5.41) is 0. The second kappa shape index (κ2) is 5.82. The summed E-state index contributed by atoms with van der Waals surface area (Å²) < 4.78 is 41.9. The third kappa shape index (κ3) is 2.36. The molecule has 134 valence electrons. The zero-order valence-electron chi connectivity index (χ0n) is 14.1. The molecule has 0 radical (unpaired) electrons. The van der Waals surface area contributed by atoms with E-state index in [0.29, 0.717) is 24.2 Å². The molecule has 0 saturated heterocycles. The molecule has 3 aromatic rings. The second-order valence-corrected chi connectivity index (χ2v) is 6.35. The number of nitrogens with one attached hydrogen (secondary N) is 1. The van der Waals surface area contributed by atoms with E-state index in [-0.39, 0.29) is 22.4 Å². The number of amides is 1. The number of hydrogen-bond acceptors (Lipinski definition) is 3. The van der Waals surface area contributed by atoms with Gasteiger partial charge in [0.15, 0.2) is 11.6 Å². The van der Waals surface area contributed by atoms with Crippen LogP contribution in [0.3, 0.4) is 0 Å². The zero-order valence-corrected chi connectivity index (χ0v) is 14.1. The van der Waals surface area contributed by atoms with Crippen molar-refractivity contribution in [2.75, 3.05) is 6.54 Å². The highest BCUT2D eigenvalue weighted by molar-refractivity contribution is 5.95. The Labute approximate surface area is 146 Å². The molecule has 1 unspecified atom stereocenters. The fourth-order valence-electron chi connectivity index (χ4n) is 3.45. The maximum absolute atomic E-state index is 14.2. The van der Waals surface area contributed by atoms with Crippen molar-refractivity contribution < 1.29 is 18.0 Å². The molecule has 1 aliphatic rings. The quantitative estimate of drug-likeness (QED) is 0.723. The molecule has 0 spiro atoms. The number of pyridine rings is 1. The van der Waals surface area contributed by atoms with Crippen LogP contribution in [-0.2, 0) is 6.42 Å². The molecule has 4 rings (SSSR count). The minimum Gasteiger partial charge on any atom is -0.333 e. The van der Waals surface area contributed by atoms with Gasteiger partial charge in [0.1, 0.15) is 17.2 Å². The Morgan fingerprint density at radius 2 is 2.04 bits per heavy atom. The van der Waals surface area contributed by atoms with Crippen molar-refractivity contribution in [2.45, 2.75) is 26.3 Å². The molecule has 1 atom stereocenters. The van der Waals surface area contributed by atoms with Crippen molar-refractivity contribution in [3.05, 3.63) is 58.4 Å². The minimum absolute atomic E-state index is 0.0924. The van der Waals surface area contributed by atoms with Crippen LogP contribution in [-0.4, -0.2) is 32.3 Å². The monoisotopic (exact) mass is 360 g/mol. The van der Waals surface area contributed by atoms with Crippen LogP contribution in [0, 0.1) is 24.4 Å². The lowest BCUT2D eigenvalue weighted by molar-refractivity contribution is 0.0661. The SMILES string of the molecule is Cc1c(F)cc(F)c2nc(C(=O)N3CCc4nccc(F)c4C3C)[nH]c12. The minimum atomic E-state index is -0.842. The standard InChI is InChI=1S/C18H15F3N4O/c1-8-11(20)7-12(21)16-15(8)23-17(24-16)18(26)25-6-4-13-14(9(25)2)10(19)3-5-22-13/h3,5,7,9H,4,6H2,1-2H3,(H,23,24). The summed E-state index contributed by atoms with van der Waals surface area (Å²) in [4.78, 5) is 25.2. The molecular formula is C18H15F3N4O. The number of H-pyrrole nitrogens is 1. The number of aromatic amines is 1. The van der Waals surface area contributed by atoms with E-state index in [1.807, 2.05) is 0 Å². The molecule has 0 saturated carbocycles. The van der Waals surface area contributed by atoms with Crippen LogP contribution in [0.4, 0.5) is 13.2 Å². The van der Waals surface area contributed by atoms with Crippen molar-refractivity contribution in [3.8, 4) is 0 Å². The van der Waals surface area contributed by atoms with Crippen molar-refractivity contribution in [3.63, 3.8) is 0 Å². The average Bonchev–Trinajstić information content (AvgIpc) is 3.06. The van der Waals surface area contributed by atoms with E-state index in [0.717, 1.165) is 6.07 Å². The maximum Gasteiger partial charge on any atom is 0.290 e. The fourth-order valence-corrected chi connectivity index (χ4v) is 3.45. The average molecular weight is 360 g/mol. The highest BCUT2D eigenvalue weighted by Gasteiger charge is 2.32. The van der Waals surface area contributed by atoms with Gasteiger partial charge in [-0.1, -0.05) is 0 Å². The summed E-state index contributed by atoms with van der Waals surface area (Å²) in [6.07, 6.45) is 1.81. The van der Waals surface area contributed by atoms with Crippen molar-refractivity contribution in [1.82, 2.24) is 19.9 Å².